The number of halogens is 4. The first-order valence-electron chi connectivity index (χ1n) is 8.66. The second-order valence-electron chi connectivity index (χ2n) is 6.36. The normalized spacial score (nSPS) is 12.3. The van der Waals surface area contributed by atoms with Gasteiger partial charge >= 0.3 is 6.18 Å². The summed E-state index contributed by atoms with van der Waals surface area (Å²) in [5.74, 6) is -2.03. The lowest BCUT2D eigenvalue weighted by atomic mass is 10.1. The smallest absolute Gasteiger partial charge is 0.340 e. The fourth-order valence-corrected chi connectivity index (χ4v) is 3.05. The molecule has 1 atom stereocenters. The summed E-state index contributed by atoms with van der Waals surface area (Å²) in [6.07, 6.45) is -2.78. The molecule has 0 saturated carbocycles. The molecule has 2 rings (SSSR count). The number of hydrogen-bond donors (Lipinski definition) is 2. The highest BCUT2D eigenvalue weighted by Crippen LogP contribution is 2.33. The SMILES string of the molecule is CSCCC(NC(=O)c1cccc(C)c1)C(=O)Nc1ccc(F)c(C(F)(F)F)c1. The van der Waals surface area contributed by atoms with Crippen molar-refractivity contribution in [3.05, 3.63) is 65.0 Å². The van der Waals surface area contributed by atoms with E-state index in [1.807, 2.05) is 19.2 Å². The molecule has 2 N–H and O–H groups in total. The number of aryl methyl sites for hydroxylation is 1. The van der Waals surface area contributed by atoms with E-state index in [1.165, 1.54) is 11.8 Å². The van der Waals surface area contributed by atoms with E-state index in [0.29, 0.717) is 23.4 Å². The number of thioether (sulfide) groups is 1. The Morgan fingerprint density at radius 2 is 1.86 bits per heavy atom. The third kappa shape index (κ3) is 6.49. The fourth-order valence-electron chi connectivity index (χ4n) is 2.58. The molecule has 29 heavy (non-hydrogen) atoms. The number of alkyl halides is 3. The third-order valence-corrected chi connectivity index (χ3v) is 4.70. The number of hydrogen-bond acceptors (Lipinski definition) is 3. The van der Waals surface area contributed by atoms with Crippen LogP contribution in [0.5, 0.6) is 0 Å². The molecule has 1 unspecified atom stereocenters. The van der Waals surface area contributed by atoms with Crippen LogP contribution >= 0.6 is 11.8 Å². The molecule has 0 radical (unpaired) electrons. The van der Waals surface area contributed by atoms with Gasteiger partial charge in [0.25, 0.3) is 5.91 Å². The topological polar surface area (TPSA) is 58.2 Å². The van der Waals surface area contributed by atoms with Crippen LogP contribution in [0.1, 0.15) is 27.9 Å². The van der Waals surface area contributed by atoms with Gasteiger partial charge in [0, 0.05) is 11.3 Å². The van der Waals surface area contributed by atoms with E-state index in [-0.39, 0.29) is 12.1 Å². The molecule has 0 spiro atoms. The van der Waals surface area contributed by atoms with Crippen molar-refractivity contribution in [2.45, 2.75) is 25.6 Å². The number of amides is 2. The first kappa shape index (κ1) is 22.7. The number of nitrogens with one attached hydrogen (secondary N) is 2. The van der Waals surface area contributed by atoms with E-state index in [1.54, 1.807) is 18.2 Å². The van der Waals surface area contributed by atoms with Gasteiger partial charge in [0.2, 0.25) is 5.91 Å². The lowest BCUT2D eigenvalue weighted by molar-refractivity contribution is -0.140. The van der Waals surface area contributed by atoms with Crippen molar-refractivity contribution in [1.82, 2.24) is 5.32 Å². The van der Waals surface area contributed by atoms with Crippen molar-refractivity contribution >= 4 is 29.3 Å². The van der Waals surface area contributed by atoms with Gasteiger partial charge in [-0.2, -0.15) is 24.9 Å². The number of carbonyl (C=O) groups is 2. The van der Waals surface area contributed by atoms with E-state index in [2.05, 4.69) is 10.6 Å². The van der Waals surface area contributed by atoms with Gasteiger partial charge in [0.15, 0.2) is 0 Å². The van der Waals surface area contributed by atoms with Gasteiger partial charge in [0.05, 0.1) is 5.56 Å². The Labute approximate surface area is 170 Å². The highest BCUT2D eigenvalue weighted by Gasteiger charge is 2.34. The van der Waals surface area contributed by atoms with Crippen molar-refractivity contribution in [2.24, 2.45) is 0 Å². The molecule has 2 aromatic carbocycles. The van der Waals surface area contributed by atoms with Crippen LogP contribution in [0, 0.1) is 12.7 Å². The Hall–Kier alpha value is -2.55. The van der Waals surface area contributed by atoms with Crippen LogP contribution in [0.3, 0.4) is 0 Å². The molecule has 0 aromatic heterocycles. The molecule has 4 nitrogen and oxygen atoms in total. The zero-order valence-corrected chi connectivity index (χ0v) is 16.6. The molecule has 0 aliphatic heterocycles. The van der Waals surface area contributed by atoms with Crippen LogP contribution in [0.25, 0.3) is 0 Å². The van der Waals surface area contributed by atoms with Crippen LogP contribution in [-0.2, 0) is 11.0 Å². The van der Waals surface area contributed by atoms with Crippen LogP contribution in [0.4, 0.5) is 23.2 Å². The van der Waals surface area contributed by atoms with Gasteiger partial charge in [-0.25, -0.2) is 4.39 Å². The van der Waals surface area contributed by atoms with Crippen LogP contribution in [-0.4, -0.2) is 29.9 Å². The maximum Gasteiger partial charge on any atom is 0.419 e. The monoisotopic (exact) mass is 428 g/mol. The van der Waals surface area contributed by atoms with Crippen molar-refractivity contribution in [3.8, 4) is 0 Å². The van der Waals surface area contributed by atoms with Crippen LogP contribution in [0.2, 0.25) is 0 Å². The summed E-state index contributed by atoms with van der Waals surface area (Å²) >= 11 is 1.46. The highest BCUT2D eigenvalue weighted by atomic mass is 32.2. The Morgan fingerprint density at radius 1 is 1.14 bits per heavy atom. The number of benzene rings is 2. The fraction of sp³-hybridized carbons (Fsp3) is 0.300. The zero-order chi connectivity index (χ0) is 21.6. The van der Waals surface area contributed by atoms with Gasteiger partial charge in [-0.05, 0) is 55.7 Å². The summed E-state index contributed by atoms with van der Waals surface area (Å²) in [7, 11) is 0. The average molecular weight is 428 g/mol. The molecule has 0 saturated heterocycles. The molecular weight excluding hydrogens is 408 g/mol. The second kappa shape index (κ2) is 9.78. The minimum atomic E-state index is -4.89. The Bertz CT molecular complexity index is 887. The minimum Gasteiger partial charge on any atom is -0.340 e. The molecule has 2 aromatic rings. The summed E-state index contributed by atoms with van der Waals surface area (Å²) in [5.41, 5.74) is -0.440. The molecule has 0 aliphatic rings. The van der Waals surface area contributed by atoms with Crippen molar-refractivity contribution in [1.29, 1.82) is 0 Å². The van der Waals surface area contributed by atoms with Gasteiger partial charge in [-0.3, -0.25) is 9.59 Å². The molecule has 9 heteroatoms. The minimum absolute atomic E-state index is 0.206. The lowest BCUT2D eigenvalue weighted by Gasteiger charge is -2.19. The molecular formula is C20H20F4N2O2S. The third-order valence-electron chi connectivity index (χ3n) is 4.05. The molecule has 0 heterocycles. The average Bonchev–Trinajstić information content (AvgIpc) is 2.65. The zero-order valence-electron chi connectivity index (χ0n) is 15.8. The molecule has 2 amide bonds. The highest BCUT2D eigenvalue weighted by molar-refractivity contribution is 7.98. The largest absolute Gasteiger partial charge is 0.419 e. The predicted molar refractivity (Wildman–Crippen MR) is 105 cm³/mol. The molecule has 156 valence electrons. The number of rotatable bonds is 7. The first-order chi connectivity index (χ1) is 13.6. The summed E-state index contributed by atoms with van der Waals surface area (Å²) in [4.78, 5) is 25.0. The first-order valence-corrected chi connectivity index (χ1v) is 10.0. The second-order valence-corrected chi connectivity index (χ2v) is 7.34. The van der Waals surface area contributed by atoms with Gasteiger partial charge in [-0.15, -0.1) is 0 Å². The van der Waals surface area contributed by atoms with Crippen LogP contribution < -0.4 is 10.6 Å². The van der Waals surface area contributed by atoms with E-state index in [4.69, 9.17) is 0 Å². The van der Waals surface area contributed by atoms with Gasteiger partial charge < -0.3 is 10.6 Å². The summed E-state index contributed by atoms with van der Waals surface area (Å²) in [6.45, 7) is 1.82. The maximum absolute atomic E-state index is 13.4. The summed E-state index contributed by atoms with van der Waals surface area (Å²) < 4.78 is 52.0. The quantitative estimate of drug-likeness (QED) is 0.632. The van der Waals surface area contributed by atoms with Gasteiger partial charge in [-0.1, -0.05) is 17.7 Å². The van der Waals surface area contributed by atoms with E-state index < -0.39 is 35.4 Å². The van der Waals surface area contributed by atoms with Crippen molar-refractivity contribution < 1.29 is 27.2 Å². The summed E-state index contributed by atoms with van der Waals surface area (Å²) in [6, 6.07) is 8.03. The number of anilines is 1. The lowest BCUT2D eigenvalue weighted by Crippen LogP contribution is -2.44. The molecule has 0 aliphatic carbocycles. The van der Waals surface area contributed by atoms with Crippen molar-refractivity contribution in [2.75, 3.05) is 17.3 Å². The van der Waals surface area contributed by atoms with E-state index in [0.717, 1.165) is 11.6 Å². The summed E-state index contributed by atoms with van der Waals surface area (Å²) in [5, 5.41) is 4.94. The molecule has 0 bridgehead atoms. The predicted octanol–water partition coefficient (Wildman–Crippen LogP) is 4.64. The Morgan fingerprint density at radius 3 is 2.48 bits per heavy atom. The van der Waals surface area contributed by atoms with Gasteiger partial charge in [0.1, 0.15) is 11.9 Å². The van der Waals surface area contributed by atoms with Crippen molar-refractivity contribution in [3.63, 3.8) is 0 Å². The standard InChI is InChI=1S/C20H20F4N2O2S/c1-12-4-3-5-13(10-12)18(27)26-17(8-9-29-2)19(28)25-14-6-7-16(21)15(11-14)20(22,23)24/h3-7,10-11,17H,8-9H2,1-2H3,(H,25,28)(H,26,27). The van der Waals surface area contributed by atoms with Crippen LogP contribution in [0.15, 0.2) is 42.5 Å². The number of carbonyl (C=O) groups excluding carboxylic acids is 2. The Kier molecular flexibility index (Phi) is 7.66. The maximum atomic E-state index is 13.4. The molecule has 0 fully saturated rings. The van der Waals surface area contributed by atoms with E-state index in [9.17, 15) is 27.2 Å². The van der Waals surface area contributed by atoms with E-state index >= 15 is 0 Å². The Balaban J connectivity index is 2.17.